The fourth-order valence-corrected chi connectivity index (χ4v) is 1.66. The van der Waals surface area contributed by atoms with Crippen LogP contribution in [-0.4, -0.2) is 35.5 Å². The minimum atomic E-state index is -0.500. The van der Waals surface area contributed by atoms with Gasteiger partial charge in [0.25, 0.3) is 5.91 Å². The molecule has 0 saturated heterocycles. The Morgan fingerprint density at radius 3 is 2.62 bits per heavy atom. The highest BCUT2D eigenvalue weighted by molar-refractivity contribution is 6.04. The van der Waals surface area contributed by atoms with Crippen LogP contribution < -0.4 is 10.6 Å². The van der Waals surface area contributed by atoms with E-state index in [1.807, 2.05) is 6.92 Å². The van der Waals surface area contributed by atoms with Crippen molar-refractivity contribution in [2.24, 2.45) is 0 Å². The van der Waals surface area contributed by atoms with E-state index in [-0.39, 0.29) is 42.3 Å². The van der Waals surface area contributed by atoms with Crippen molar-refractivity contribution in [2.75, 3.05) is 13.6 Å². The van der Waals surface area contributed by atoms with E-state index in [4.69, 9.17) is 0 Å². The van der Waals surface area contributed by atoms with Gasteiger partial charge in [0.2, 0.25) is 0 Å². The number of fused-ring (bicyclic) bond motifs is 1. The summed E-state index contributed by atoms with van der Waals surface area (Å²) >= 11 is 0. The minimum Gasteiger partial charge on any atom is -0.350 e. The van der Waals surface area contributed by atoms with Crippen molar-refractivity contribution in [1.29, 1.82) is 0 Å². The summed E-state index contributed by atoms with van der Waals surface area (Å²) in [7, 11) is 1.81. The summed E-state index contributed by atoms with van der Waals surface area (Å²) in [6, 6.07) is 2.57. The molecule has 1 atom stereocenters. The molecule has 1 amide bonds. The molecule has 0 bridgehead atoms. The number of hydrogen-bond acceptors (Lipinski definition) is 4. The lowest BCUT2D eigenvalue weighted by molar-refractivity contribution is 0.0951. The van der Waals surface area contributed by atoms with Gasteiger partial charge in [-0.2, -0.15) is 0 Å². The number of likely N-dealkylation sites (N-methyl/N-ethyl adjacent to an activating group) is 1. The van der Waals surface area contributed by atoms with Crippen molar-refractivity contribution in [3.8, 4) is 0 Å². The summed E-state index contributed by atoms with van der Waals surface area (Å²) < 4.78 is 13.5. The van der Waals surface area contributed by atoms with Gasteiger partial charge in [0.15, 0.2) is 0 Å². The molecule has 2 rings (SSSR count). The number of nitrogens with zero attached hydrogens (tertiary/aromatic N) is 2. The van der Waals surface area contributed by atoms with E-state index in [1.54, 1.807) is 7.05 Å². The van der Waals surface area contributed by atoms with Crippen molar-refractivity contribution in [2.45, 2.75) is 13.0 Å². The number of carbonyl (C=O) groups is 1. The van der Waals surface area contributed by atoms with Crippen molar-refractivity contribution >= 4 is 41.8 Å². The molecule has 1 aromatic heterocycles. The zero-order chi connectivity index (χ0) is 13.8. The average Bonchev–Trinajstić information content (AvgIpc) is 2.43. The summed E-state index contributed by atoms with van der Waals surface area (Å²) in [6.45, 7) is 2.39. The van der Waals surface area contributed by atoms with Crippen LogP contribution in [0.3, 0.4) is 0 Å². The van der Waals surface area contributed by atoms with Gasteiger partial charge in [0.05, 0.1) is 11.1 Å². The molecule has 0 aliphatic carbocycles. The van der Waals surface area contributed by atoms with E-state index in [1.165, 1.54) is 24.5 Å². The van der Waals surface area contributed by atoms with Gasteiger partial charge in [-0.3, -0.25) is 14.8 Å². The number of nitrogens with one attached hydrogen (secondary N) is 2. The van der Waals surface area contributed by atoms with Crippen LogP contribution in [0.2, 0.25) is 0 Å². The molecule has 2 N–H and O–H groups in total. The van der Waals surface area contributed by atoms with E-state index >= 15 is 0 Å². The molecule has 0 fully saturated rings. The zero-order valence-electron chi connectivity index (χ0n) is 11.6. The van der Waals surface area contributed by atoms with Gasteiger partial charge >= 0.3 is 0 Å². The van der Waals surface area contributed by atoms with Crippen LogP contribution in [0.4, 0.5) is 4.39 Å². The van der Waals surface area contributed by atoms with Crippen molar-refractivity contribution < 1.29 is 9.18 Å². The Balaban J connectivity index is 0.00000200. The van der Waals surface area contributed by atoms with Gasteiger partial charge < -0.3 is 10.6 Å². The highest BCUT2D eigenvalue weighted by Gasteiger charge is 2.14. The Hall–Kier alpha value is -1.50. The van der Waals surface area contributed by atoms with Crippen LogP contribution in [0, 0.1) is 5.82 Å². The lowest BCUT2D eigenvalue weighted by Crippen LogP contribution is -2.37. The molecule has 5 nitrogen and oxygen atoms in total. The molecule has 8 heteroatoms. The largest absolute Gasteiger partial charge is 0.350 e. The third-order valence-electron chi connectivity index (χ3n) is 2.84. The van der Waals surface area contributed by atoms with E-state index in [9.17, 15) is 9.18 Å². The molecule has 1 heterocycles. The van der Waals surface area contributed by atoms with Gasteiger partial charge in [-0.1, -0.05) is 0 Å². The number of halogens is 3. The van der Waals surface area contributed by atoms with Crippen LogP contribution >= 0.6 is 24.8 Å². The first kappa shape index (κ1) is 19.5. The predicted octanol–water partition coefficient (Wildman–Crippen LogP) is 1.95. The molecule has 1 aromatic carbocycles. The highest BCUT2D eigenvalue weighted by Crippen LogP contribution is 2.16. The second-order valence-corrected chi connectivity index (χ2v) is 4.28. The smallest absolute Gasteiger partial charge is 0.253 e. The maximum absolute atomic E-state index is 13.5. The Kier molecular flexibility index (Phi) is 8.09. The molecule has 116 valence electrons. The van der Waals surface area contributed by atoms with Crippen LogP contribution in [0.25, 0.3) is 11.0 Å². The van der Waals surface area contributed by atoms with E-state index in [0.29, 0.717) is 17.6 Å². The fourth-order valence-electron chi connectivity index (χ4n) is 1.66. The number of rotatable bonds is 4. The molecule has 0 saturated carbocycles. The molecule has 1 unspecified atom stereocenters. The predicted molar refractivity (Wildman–Crippen MR) is 84.8 cm³/mol. The number of amides is 1. The maximum Gasteiger partial charge on any atom is 0.253 e. The fraction of sp³-hybridized carbons (Fsp3) is 0.308. The normalized spacial score (nSPS) is 11.2. The summed E-state index contributed by atoms with van der Waals surface area (Å²) in [5.74, 6) is -0.855. The Labute approximate surface area is 134 Å². The summed E-state index contributed by atoms with van der Waals surface area (Å²) in [5.41, 5.74) is 0.972. The van der Waals surface area contributed by atoms with Gasteiger partial charge in [0.1, 0.15) is 11.3 Å². The topological polar surface area (TPSA) is 66.9 Å². The molecule has 0 spiro atoms. The second-order valence-electron chi connectivity index (χ2n) is 4.28. The van der Waals surface area contributed by atoms with Crippen LogP contribution in [0.15, 0.2) is 24.5 Å². The molecule has 0 radical (unpaired) electrons. The average molecular weight is 335 g/mol. The molecule has 0 aliphatic heterocycles. The van der Waals surface area contributed by atoms with E-state index < -0.39 is 5.82 Å². The zero-order valence-corrected chi connectivity index (χ0v) is 13.2. The van der Waals surface area contributed by atoms with Gasteiger partial charge in [-0.05, 0) is 20.0 Å². The number of carbonyl (C=O) groups excluding carboxylic acids is 1. The van der Waals surface area contributed by atoms with Gasteiger partial charge in [0, 0.05) is 31.0 Å². The van der Waals surface area contributed by atoms with E-state index in [2.05, 4.69) is 20.6 Å². The quantitative estimate of drug-likeness (QED) is 0.896. The SMILES string of the molecule is CNC(C)CNC(=O)c1cc(F)cc2nccnc12.Cl.Cl. The van der Waals surface area contributed by atoms with Crippen LogP contribution in [0.5, 0.6) is 0 Å². The third-order valence-corrected chi connectivity index (χ3v) is 2.84. The first-order valence-corrected chi connectivity index (χ1v) is 5.97. The first-order chi connectivity index (χ1) is 9.11. The standard InChI is InChI=1S/C13H15FN4O.2ClH/c1-8(15-2)7-18-13(19)10-5-9(14)6-11-12(10)17-4-3-16-11;;/h3-6,8,15H,7H2,1-2H3,(H,18,19);2*1H. The number of hydrogen-bond donors (Lipinski definition) is 2. The lowest BCUT2D eigenvalue weighted by atomic mass is 10.1. The molecular formula is C13H17Cl2FN4O. The summed E-state index contributed by atoms with van der Waals surface area (Å²) in [6.07, 6.45) is 2.94. The first-order valence-electron chi connectivity index (χ1n) is 5.97. The Bertz CT molecular complexity index is 612. The van der Waals surface area contributed by atoms with Crippen molar-refractivity contribution in [3.05, 3.63) is 35.9 Å². The summed E-state index contributed by atoms with van der Waals surface area (Å²) in [4.78, 5) is 20.1. The van der Waals surface area contributed by atoms with E-state index in [0.717, 1.165) is 0 Å². The molecule has 21 heavy (non-hydrogen) atoms. The summed E-state index contributed by atoms with van der Waals surface area (Å²) in [5, 5.41) is 5.74. The lowest BCUT2D eigenvalue weighted by Gasteiger charge is -2.12. The third kappa shape index (κ3) is 4.77. The maximum atomic E-state index is 13.5. The van der Waals surface area contributed by atoms with Gasteiger partial charge in [-0.15, -0.1) is 24.8 Å². The minimum absolute atomic E-state index is 0. The molecule has 2 aromatic rings. The molecular weight excluding hydrogens is 318 g/mol. The number of aromatic nitrogens is 2. The molecule has 0 aliphatic rings. The van der Waals surface area contributed by atoms with Crippen LogP contribution in [0.1, 0.15) is 17.3 Å². The monoisotopic (exact) mass is 334 g/mol. The Morgan fingerprint density at radius 1 is 1.29 bits per heavy atom. The van der Waals surface area contributed by atoms with Crippen LogP contribution in [-0.2, 0) is 0 Å². The Morgan fingerprint density at radius 2 is 1.95 bits per heavy atom. The van der Waals surface area contributed by atoms with Crippen molar-refractivity contribution in [1.82, 2.24) is 20.6 Å². The van der Waals surface area contributed by atoms with Gasteiger partial charge in [-0.25, -0.2) is 4.39 Å². The second kappa shape index (κ2) is 8.71. The number of benzene rings is 1. The van der Waals surface area contributed by atoms with Crippen molar-refractivity contribution in [3.63, 3.8) is 0 Å². The highest BCUT2D eigenvalue weighted by atomic mass is 35.5.